The van der Waals surface area contributed by atoms with Gasteiger partial charge in [-0.3, -0.25) is 0 Å². The Morgan fingerprint density at radius 2 is 2.22 bits per heavy atom. The van der Waals surface area contributed by atoms with Gasteiger partial charge in [0, 0.05) is 0 Å². The summed E-state index contributed by atoms with van der Waals surface area (Å²) in [5.74, 6) is 5.59. The van der Waals surface area contributed by atoms with Gasteiger partial charge < -0.3 is 20.1 Å². The van der Waals surface area contributed by atoms with E-state index in [1.54, 1.807) is 25.1 Å². The van der Waals surface area contributed by atoms with Gasteiger partial charge in [-0.25, -0.2) is 4.79 Å². The van der Waals surface area contributed by atoms with E-state index in [0.717, 1.165) is 5.56 Å². The van der Waals surface area contributed by atoms with E-state index in [1.807, 2.05) is 0 Å². The van der Waals surface area contributed by atoms with E-state index in [2.05, 4.69) is 5.10 Å². The number of rotatable bonds is 6. The molecule has 0 saturated heterocycles. The fourth-order valence-corrected chi connectivity index (χ4v) is 1.31. The molecule has 0 aliphatic carbocycles. The fourth-order valence-electron chi connectivity index (χ4n) is 1.31. The molecule has 98 valence electrons. The van der Waals surface area contributed by atoms with Gasteiger partial charge >= 0.3 is 5.97 Å². The quantitative estimate of drug-likeness (QED) is 0.352. The Bertz CT molecular complexity index is 432. The first-order valence-corrected chi connectivity index (χ1v) is 5.41. The van der Waals surface area contributed by atoms with Gasteiger partial charge in [-0.15, -0.1) is 0 Å². The smallest absolute Gasteiger partial charge is 0.344 e. The molecule has 6 heteroatoms. The maximum absolute atomic E-state index is 11.2. The standard InChI is InChI=1S/C12H16N2O4/c1-3-17-12(15)8-18-11-6-9(7-14-13)4-5-10(11)16-2/h4-7H,3,8,13H2,1-2H3. The summed E-state index contributed by atoms with van der Waals surface area (Å²) in [6.07, 6.45) is 1.47. The average molecular weight is 252 g/mol. The molecule has 1 aromatic carbocycles. The maximum atomic E-state index is 11.2. The van der Waals surface area contributed by atoms with Crippen molar-refractivity contribution in [3.63, 3.8) is 0 Å². The molecule has 2 N–H and O–H groups in total. The number of hydrogen-bond donors (Lipinski definition) is 1. The van der Waals surface area contributed by atoms with Gasteiger partial charge in [-0.2, -0.15) is 5.10 Å². The first-order valence-electron chi connectivity index (χ1n) is 5.41. The first-order chi connectivity index (χ1) is 8.71. The Balaban J connectivity index is 2.78. The molecule has 0 bridgehead atoms. The number of hydrazone groups is 1. The van der Waals surface area contributed by atoms with Crippen molar-refractivity contribution < 1.29 is 19.0 Å². The van der Waals surface area contributed by atoms with E-state index < -0.39 is 5.97 Å². The number of carbonyl (C=O) groups is 1. The molecule has 0 amide bonds. The van der Waals surface area contributed by atoms with Crippen LogP contribution in [0.1, 0.15) is 12.5 Å². The van der Waals surface area contributed by atoms with Gasteiger partial charge in [-0.05, 0) is 30.7 Å². The van der Waals surface area contributed by atoms with Gasteiger partial charge in [0.2, 0.25) is 0 Å². The van der Waals surface area contributed by atoms with Crippen molar-refractivity contribution in [3.8, 4) is 11.5 Å². The first kappa shape index (κ1) is 13.8. The van der Waals surface area contributed by atoms with Gasteiger partial charge in [0.15, 0.2) is 18.1 Å². The third-order valence-corrected chi connectivity index (χ3v) is 2.06. The van der Waals surface area contributed by atoms with E-state index in [0.29, 0.717) is 18.1 Å². The predicted molar refractivity (Wildman–Crippen MR) is 66.9 cm³/mol. The third-order valence-electron chi connectivity index (χ3n) is 2.06. The lowest BCUT2D eigenvalue weighted by Crippen LogP contribution is -2.15. The minimum Gasteiger partial charge on any atom is -0.493 e. The second kappa shape index (κ2) is 7.16. The van der Waals surface area contributed by atoms with Crippen LogP contribution in [0.25, 0.3) is 0 Å². The summed E-state index contributed by atoms with van der Waals surface area (Å²) in [6.45, 7) is 1.88. The van der Waals surface area contributed by atoms with Crippen LogP contribution in [0.5, 0.6) is 11.5 Å². The zero-order valence-electron chi connectivity index (χ0n) is 10.4. The number of methoxy groups -OCH3 is 1. The molecule has 6 nitrogen and oxygen atoms in total. The molecule has 1 aromatic rings. The molecule has 0 fully saturated rings. The molecular formula is C12H16N2O4. The third kappa shape index (κ3) is 3.97. The molecule has 0 aliphatic rings. The summed E-state index contributed by atoms with van der Waals surface area (Å²) in [6, 6.07) is 5.15. The summed E-state index contributed by atoms with van der Waals surface area (Å²) >= 11 is 0. The van der Waals surface area contributed by atoms with Crippen LogP contribution >= 0.6 is 0 Å². The van der Waals surface area contributed by atoms with E-state index in [-0.39, 0.29) is 6.61 Å². The molecule has 0 aromatic heterocycles. The van der Waals surface area contributed by atoms with Gasteiger partial charge in [-0.1, -0.05) is 0 Å². The fraction of sp³-hybridized carbons (Fsp3) is 0.333. The Morgan fingerprint density at radius 3 is 2.83 bits per heavy atom. The number of carbonyl (C=O) groups excluding carboxylic acids is 1. The lowest BCUT2D eigenvalue weighted by Gasteiger charge is -2.10. The van der Waals surface area contributed by atoms with Crippen molar-refractivity contribution in [1.29, 1.82) is 0 Å². The number of benzene rings is 1. The summed E-state index contributed by atoms with van der Waals surface area (Å²) in [5.41, 5.74) is 0.747. The summed E-state index contributed by atoms with van der Waals surface area (Å²) in [4.78, 5) is 11.2. The SMILES string of the molecule is CCOC(=O)COc1cc(C=NN)ccc1OC. The molecule has 0 heterocycles. The minimum absolute atomic E-state index is 0.173. The van der Waals surface area contributed by atoms with Crippen LogP contribution in [0.15, 0.2) is 23.3 Å². The van der Waals surface area contributed by atoms with Crippen molar-refractivity contribution in [2.24, 2.45) is 10.9 Å². The van der Waals surface area contributed by atoms with Crippen LogP contribution < -0.4 is 15.3 Å². The number of nitrogens with two attached hydrogens (primary N) is 1. The van der Waals surface area contributed by atoms with Gasteiger partial charge in [0.1, 0.15) is 0 Å². The molecule has 0 saturated carbocycles. The highest BCUT2D eigenvalue weighted by atomic mass is 16.6. The number of hydrogen-bond acceptors (Lipinski definition) is 6. The van der Waals surface area contributed by atoms with Crippen molar-refractivity contribution >= 4 is 12.2 Å². The largest absolute Gasteiger partial charge is 0.493 e. The normalized spacial score (nSPS) is 10.3. The highest BCUT2D eigenvalue weighted by Crippen LogP contribution is 2.27. The predicted octanol–water partition coefficient (Wildman–Crippen LogP) is 0.930. The Morgan fingerprint density at radius 1 is 1.44 bits per heavy atom. The lowest BCUT2D eigenvalue weighted by atomic mass is 10.2. The van der Waals surface area contributed by atoms with E-state index in [1.165, 1.54) is 13.3 Å². The molecule has 0 atom stereocenters. The van der Waals surface area contributed by atoms with E-state index in [9.17, 15) is 4.79 Å². The van der Waals surface area contributed by atoms with E-state index in [4.69, 9.17) is 20.1 Å². The summed E-state index contributed by atoms with van der Waals surface area (Å²) in [7, 11) is 1.52. The highest BCUT2D eigenvalue weighted by molar-refractivity contribution is 5.80. The zero-order chi connectivity index (χ0) is 13.4. The van der Waals surface area contributed by atoms with Gasteiger partial charge in [0.25, 0.3) is 0 Å². The minimum atomic E-state index is -0.433. The molecule has 18 heavy (non-hydrogen) atoms. The number of esters is 1. The molecule has 0 radical (unpaired) electrons. The summed E-state index contributed by atoms with van der Waals surface area (Å²) in [5, 5.41) is 3.41. The Kier molecular flexibility index (Phi) is 5.50. The van der Waals surface area contributed by atoms with Crippen LogP contribution in [0, 0.1) is 0 Å². The van der Waals surface area contributed by atoms with Crippen LogP contribution in [-0.4, -0.2) is 32.5 Å². The lowest BCUT2D eigenvalue weighted by molar-refractivity contribution is -0.145. The monoisotopic (exact) mass is 252 g/mol. The van der Waals surface area contributed by atoms with E-state index >= 15 is 0 Å². The number of ether oxygens (including phenoxy) is 3. The second-order valence-corrected chi connectivity index (χ2v) is 3.28. The van der Waals surface area contributed by atoms with Crippen LogP contribution in [-0.2, 0) is 9.53 Å². The maximum Gasteiger partial charge on any atom is 0.344 e. The molecule has 1 rings (SSSR count). The van der Waals surface area contributed by atoms with Crippen molar-refractivity contribution in [1.82, 2.24) is 0 Å². The Labute approximate surface area is 105 Å². The molecule has 0 unspecified atom stereocenters. The van der Waals surface area contributed by atoms with Crippen molar-refractivity contribution in [2.45, 2.75) is 6.92 Å². The highest BCUT2D eigenvalue weighted by Gasteiger charge is 2.08. The molecular weight excluding hydrogens is 236 g/mol. The van der Waals surface area contributed by atoms with Crippen molar-refractivity contribution in [3.05, 3.63) is 23.8 Å². The molecule has 0 spiro atoms. The van der Waals surface area contributed by atoms with Crippen LogP contribution in [0.2, 0.25) is 0 Å². The second-order valence-electron chi connectivity index (χ2n) is 3.28. The van der Waals surface area contributed by atoms with Crippen LogP contribution in [0.3, 0.4) is 0 Å². The average Bonchev–Trinajstić information content (AvgIpc) is 2.37. The Hall–Kier alpha value is -2.24. The topological polar surface area (TPSA) is 83.1 Å². The van der Waals surface area contributed by atoms with Gasteiger partial charge in [0.05, 0.1) is 19.9 Å². The molecule has 0 aliphatic heterocycles. The van der Waals surface area contributed by atoms with Crippen LogP contribution in [0.4, 0.5) is 0 Å². The summed E-state index contributed by atoms with van der Waals surface area (Å²) < 4.78 is 15.2. The number of nitrogens with zero attached hydrogens (tertiary/aromatic N) is 1. The van der Waals surface area contributed by atoms with Crippen molar-refractivity contribution in [2.75, 3.05) is 20.3 Å². The zero-order valence-corrected chi connectivity index (χ0v) is 10.4.